The fraction of sp³-hybridized carbons (Fsp3) is 0.417. The molecule has 0 aliphatic carbocycles. The van der Waals surface area contributed by atoms with Crippen LogP contribution in [0.5, 0.6) is 0 Å². The number of nitrogens with one attached hydrogen (secondary N) is 2. The molecule has 2 rings (SSSR count). The number of aliphatic imine (C=N–C) groups is 1. The molecule has 0 fully saturated rings. The first kappa shape index (κ1) is 13.3. The lowest BCUT2D eigenvalue weighted by Gasteiger charge is -2.14. The smallest absolute Gasteiger partial charge is 0.337 e. The second-order valence-corrected chi connectivity index (χ2v) is 4.51. The molecular formula is C12H16N4O3. The third kappa shape index (κ3) is 3.41. The topological polar surface area (TPSA) is 107 Å². The molecule has 1 unspecified atom stereocenters. The van der Waals surface area contributed by atoms with Gasteiger partial charge in [-0.15, -0.1) is 0 Å². The van der Waals surface area contributed by atoms with Crippen molar-refractivity contribution < 1.29 is 15.0 Å². The quantitative estimate of drug-likeness (QED) is 0.605. The number of aromatic carboxylic acids is 1. The summed E-state index contributed by atoms with van der Waals surface area (Å²) in [6.45, 7) is 2.83. The van der Waals surface area contributed by atoms with Gasteiger partial charge in [-0.1, -0.05) is 6.92 Å². The molecule has 1 aliphatic rings. The van der Waals surface area contributed by atoms with Crippen molar-refractivity contribution >= 4 is 17.6 Å². The van der Waals surface area contributed by atoms with Gasteiger partial charge in [0.25, 0.3) is 0 Å². The summed E-state index contributed by atoms with van der Waals surface area (Å²) in [7, 11) is 0. The first-order valence-corrected chi connectivity index (χ1v) is 5.98. The number of carboxylic acids is 1. The summed E-state index contributed by atoms with van der Waals surface area (Å²) in [6, 6.07) is 1.48. The van der Waals surface area contributed by atoms with Crippen LogP contribution in [0.3, 0.4) is 0 Å². The third-order valence-electron chi connectivity index (χ3n) is 2.92. The number of pyridine rings is 1. The van der Waals surface area contributed by atoms with Crippen molar-refractivity contribution in [1.29, 1.82) is 0 Å². The van der Waals surface area contributed by atoms with E-state index < -0.39 is 12.1 Å². The molecule has 0 saturated carbocycles. The van der Waals surface area contributed by atoms with Crippen LogP contribution in [0.15, 0.2) is 23.5 Å². The molecule has 0 aromatic carbocycles. The molecule has 1 aromatic rings. The summed E-state index contributed by atoms with van der Waals surface area (Å²) in [5.74, 6) is -0.445. The Morgan fingerprint density at radius 1 is 1.53 bits per heavy atom. The molecule has 4 N–H and O–H groups in total. The van der Waals surface area contributed by atoms with Gasteiger partial charge in [-0.25, -0.2) is 4.79 Å². The van der Waals surface area contributed by atoms with Crippen LogP contribution < -0.4 is 10.6 Å². The molecule has 7 nitrogen and oxygen atoms in total. The zero-order valence-corrected chi connectivity index (χ0v) is 10.5. The van der Waals surface area contributed by atoms with Crippen LogP contribution >= 0.6 is 0 Å². The number of anilines is 1. The number of aliphatic hydroxyl groups is 1. The monoisotopic (exact) mass is 264 g/mol. The van der Waals surface area contributed by atoms with E-state index in [0.29, 0.717) is 24.7 Å². The molecule has 0 amide bonds. The highest BCUT2D eigenvalue weighted by atomic mass is 16.4. The highest BCUT2D eigenvalue weighted by Crippen LogP contribution is 2.10. The maximum Gasteiger partial charge on any atom is 0.337 e. The Hall–Kier alpha value is -2.15. The minimum Gasteiger partial charge on any atom is -0.478 e. The maximum absolute atomic E-state index is 10.8. The number of guanidine groups is 1. The Bertz CT molecular complexity index is 504. The molecule has 19 heavy (non-hydrogen) atoms. The number of rotatable bonds is 2. The molecular weight excluding hydrogens is 248 g/mol. The average molecular weight is 264 g/mol. The number of nitrogens with zero attached hydrogens (tertiary/aromatic N) is 2. The van der Waals surface area contributed by atoms with Crippen molar-refractivity contribution in [2.75, 3.05) is 18.4 Å². The van der Waals surface area contributed by atoms with Gasteiger partial charge in [0.2, 0.25) is 0 Å². The minimum absolute atomic E-state index is 0.0790. The lowest BCUT2D eigenvalue weighted by molar-refractivity contribution is 0.0696. The van der Waals surface area contributed by atoms with E-state index in [4.69, 9.17) is 5.11 Å². The van der Waals surface area contributed by atoms with Gasteiger partial charge in [0.1, 0.15) is 0 Å². The molecule has 1 aromatic heterocycles. The lowest BCUT2D eigenvalue weighted by Crippen LogP contribution is -2.36. The molecule has 0 radical (unpaired) electrons. The Kier molecular flexibility index (Phi) is 3.96. The van der Waals surface area contributed by atoms with Crippen LogP contribution in [0.1, 0.15) is 17.3 Å². The van der Waals surface area contributed by atoms with E-state index in [1.165, 1.54) is 18.5 Å². The first-order valence-electron chi connectivity index (χ1n) is 5.98. The van der Waals surface area contributed by atoms with Crippen LogP contribution in [0, 0.1) is 5.92 Å². The van der Waals surface area contributed by atoms with Crippen LogP contribution in [0.2, 0.25) is 0 Å². The number of carbonyl (C=O) groups is 1. The summed E-state index contributed by atoms with van der Waals surface area (Å²) in [6.07, 6.45) is 2.34. The summed E-state index contributed by atoms with van der Waals surface area (Å²) >= 11 is 0. The van der Waals surface area contributed by atoms with Gasteiger partial charge in [0.15, 0.2) is 5.96 Å². The Labute approximate surface area is 110 Å². The summed E-state index contributed by atoms with van der Waals surface area (Å²) in [4.78, 5) is 19.0. The number of hydrogen-bond donors (Lipinski definition) is 4. The van der Waals surface area contributed by atoms with E-state index in [2.05, 4.69) is 20.6 Å². The average Bonchev–Trinajstić information content (AvgIpc) is 2.55. The Morgan fingerprint density at radius 2 is 2.32 bits per heavy atom. The summed E-state index contributed by atoms with van der Waals surface area (Å²) in [5, 5.41) is 24.5. The second-order valence-electron chi connectivity index (χ2n) is 4.51. The molecule has 2 atom stereocenters. The van der Waals surface area contributed by atoms with Crippen LogP contribution in [-0.4, -0.2) is 46.3 Å². The third-order valence-corrected chi connectivity index (χ3v) is 2.92. The fourth-order valence-electron chi connectivity index (χ4n) is 1.66. The lowest BCUT2D eigenvalue weighted by atomic mass is 10.1. The second kappa shape index (κ2) is 5.66. The van der Waals surface area contributed by atoms with Gasteiger partial charge in [0, 0.05) is 25.2 Å². The van der Waals surface area contributed by atoms with Crippen molar-refractivity contribution in [3.8, 4) is 0 Å². The zero-order chi connectivity index (χ0) is 13.8. The highest BCUT2D eigenvalue weighted by Gasteiger charge is 2.18. The Morgan fingerprint density at radius 3 is 3.05 bits per heavy atom. The number of aromatic nitrogens is 1. The van der Waals surface area contributed by atoms with Crippen LogP contribution in [0.4, 0.5) is 5.69 Å². The molecule has 0 saturated heterocycles. The summed E-state index contributed by atoms with van der Waals surface area (Å²) < 4.78 is 0. The molecule has 102 valence electrons. The van der Waals surface area contributed by atoms with E-state index >= 15 is 0 Å². The van der Waals surface area contributed by atoms with Crippen molar-refractivity contribution in [1.82, 2.24) is 10.3 Å². The van der Waals surface area contributed by atoms with E-state index in [1.807, 2.05) is 6.92 Å². The van der Waals surface area contributed by atoms with Gasteiger partial charge in [-0.2, -0.15) is 0 Å². The standard InChI is InChI=1S/C12H16N4O3/c1-7-3-14-12(15-6-10(7)17)16-9-2-8(11(18)19)4-13-5-9/h2,4-5,7,10,17H,3,6H2,1H3,(H,18,19)(H2,14,15,16)/t7?,10-/m0/s1. The number of carboxylic acid groups (broad SMARTS) is 1. The van der Waals surface area contributed by atoms with Gasteiger partial charge in [0.05, 0.1) is 23.6 Å². The Balaban J connectivity index is 2.08. The minimum atomic E-state index is -1.03. The molecule has 1 aliphatic heterocycles. The van der Waals surface area contributed by atoms with Crippen LogP contribution in [0.25, 0.3) is 0 Å². The van der Waals surface area contributed by atoms with Crippen molar-refractivity contribution in [3.63, 3.8) is 0 Å². The van der Waals surface area contributed by atoms with Crippen LogP contribution in [-0.2, 0) is 0 Å². The number of hydrogen-bond acceptors (Lipinski definition) is 6. The predicted octanol–water partition coefficient (Wildman–Crippen LogP) is 0.148. The van der Waals surface area contributed by atoms with Gasteiger partial charge in [-0.05, 0) is 6.07 Å². The largest absolute Gasteiger partial charge is 0.478 e. The molecule has 2 heterocycles. The SMILES string of the molecule is CC1CN=C(Nc2cncc(C(=O)O)c2)NC[C@@H]1O. The van der Waals surface area contributed by atoms with Crippen molar-refractivity contribution in [2.24, 2.45) is 10.9 Å². The van der Waals surface area contributed by atoms with Gasteiger partial charge < -0.3 is 20.8 Å². The number of aliphatic hydroxyl groups excluding tert-OH is 1. The zero-order valence-electron chi connectivity index (χ0n) is 10.5. The van der Waals surface area contributed by atoms with E-state index in [1.54, 1.807) is 0 Å². The number of β-amino-alcohol motifs (C(OH)–C–C–N with tert-alkyl or cyclic N) is 1. The van der Waals surface area contributed by atoms with Gasteiger partial charge >= 0.3 is 5.97 Å². The van der Waals surface area contributed by atoms with E-state index in [-0.39, 0.29) is 11.5 Å². The van der Waals surface area contributed by atoms with E-state index in [0.717, 1.165) is 0 Å². The fourth-order valence-corrected chi connectivity index (χ4v) is 1.66. The van der Waals surface area contributed by atoms with Gasteiger partial charge in [-0.3, -0.25) is 9.98 Å². The highest BCUT2D eigenvalue weighted by molar-refractivity contribution is 5.95. The normalized spacial score (nSPS) is 22.9. The van der Waals surface area contributed by atoms with Crippen molar-refractivity contribution in [3.05, 3.63) is 24.0 Å². The van der Waals surface area contributed by atoms with Crippen molar-refractivity contribution in [2.45, 2.75) is 13.0 Å². The first-order chi connectivity index (χ1) is 9.06. The summed E-state index contributed by atoms with van der Waals surface area (Å²) in [5.41, 5.74) is 0.641. The molecule has 0 spiro atoms. The maximum atomic E-state index is 10.8. The molecule has 7 heteroatoms. The van der Waals surface area contributed by atoms with E-state index in [9.17, 15) is 9.90 Å². The predicted molar refractivity (Wildman–Crippen MR) is 70.3 cm³/mol. The molecule has 0 bridgehead atoms.